The summed E-state index contributed by atoms with van der Waals surface area (Å²) in [7, 11) is 0. The van der Waals surface area contributed by atoms with E-state index in [-0.39, 0.29) is 11.7 Å². The van der Waals surface area contributed by atoms with E-state index in [1.54, 1.807) is 0 Å². The average Bonchev–Trinajstić information content (AvgIpc) is 2.80. The van der Waals surface area contributed by atoms with Crippen molar-refractivity contribution in [1.82, 2.24) is 14.9 Å². The lowest BCUT2D eigenvalue weighted by atomic mass is 9.81. The number of aromatic nitrogens is 2. The number of piperazine rings is 1. The van der Waals surface area contributed by atoms with Crippen molar-refractivity contribution in [3.05, 3.63) is 87.7 Å². The Hall–Kier alpha value is -2.76. The zero-order valence-electron chi connectivity index (χ0n) is 18.3. The van der Waals surface area contributed by atoms with Crippen LogP contribution in [0.4, 0.5) is 5.95 Å². The van der Waals surface area contributed by atoms with Gasteiger partial charge in [-0.3, -0.25) is 9.69 Å². The predicted molar refractivity (Wildman–Crippen MR) is 128 cm³/mol. The molecule has 5 rings (SSSR count). The molecule has 0 unspecified atom stereocenters. The highest BCUT2D eigenvalue weighted by atomic mass is 35.5. The van der Waals surface area contributed by atoms with Gasteiger partial charge in [-0.15, -0.1) is 0 Å². The second kappa shape index (κ2) is 9.00. The number of hydrogen-bond acceptors (Lipinski definition) is 5. The summed E-state index contributed by atoms with van der Waals surface area (Å²) in [5.41, 5.74) is 4.89. The van der Waals surface area contributed by atoms with Gasteiger partial charge >= 0.3 is 0 Å². The van der Waals surface area contributed by atoms with Crippen molar-refractivity contribution in [1.29, 1.82) is 0 Å². The Morgan fingerprint density at radius 1 is 0.938 bits per heavy atom. The van der Waals surface area contributed by atoms with Crippen molar-refractivity contribution < 1.29 is 4.79 Å². The van der Waals surface area contributed by atoms with Crippen LogP contribution in [0.3, 0.4) is 0 Å². The largest absolute Gasteiger partial charge is 0.338 e. The lowest BCUT2D eigenvalue weighted by Gasteiger charge is -2.35. The molecule has 1 aromatic heterocycles. The van der Waals surface area contributed by atoms with Crippen LogP contribution < -0.4 is 4.90 Å². The molecule has 3 aromatic rings. The molecular weight excluding hydrogens is 420 g/mol. The number of carbonyl (C=O) groups is 1. The summed E-state index contributed by atoms with van der Waals surface area (Å²) in [4.78, 5) is 27.3. The first-order chi connectivity index (χ1) is 15.6. The third-order valence-electron chi connectivity index (χ3n) is 6.55. The van der Waals surface area contributed by atoms with Crippen LogP contribution in [0, 0.1) is 6.92 Å². The quantitative estimate of drug-likeness (QED) is 0.582. The molecule has 0 radical (unpaired) electrons. The van der Waals surface area contributed by atoms with Gasteiger partial charge in [0.15, 0.2) is 5.78 Å². The van der Waals surface area contributed by atoms with Crippen LogP contribution >= 0.6 is 11.6 Å². The SMILES string of the molecule is Cc1nc(N2CCN(Cc3ccccc3)CC2)nc2c1C(=O)C[C@@H](c1ccc(Cl)cc1)C2. The second-order valence-corrected chi connectivity index (χ2v) is 9.20. The number of carbonyl (C=O) groups excluding carboxylic acids is 1. The summed E-state index contributed by atoms with van der Waals surface area (Å²) in [6.45, 7) is 6.63. The highest BCUT2D eigenvalue weighted by Gasteiger charge is 2.31. The van der Waals surface area contributed by atoms with E-state index in [1.807, 2.05) is 31.2 Å². The molecule has 1 saturated heterocycles. The van der Waals surface area contributed by atoms with Crippen molar-refractivity contribution in [2.45, 2.75) is 32.2 Å². The molecule has 2 aromatic carbocycles. The molecular formula is C26H27ClN4O. The van der Waals surface area contributed by atoms with E-state index in [9.17, 15) is 4.79 Å². The van der Waals surface area contributed by atoms with Crippen molar-refractivity contribution in [3.8, 4) is 0 Å². The summed E-state index contributed by atoms with van der Waals surface area (Å²) < 4.78 is 0. The Kier molecular flexibility index (Phi) is 5.94. The standard InChI is InChI=1S/C26H27ClN4O/c1-18-25-23(15-21(16-24(25)32)20-7-9-22(27)10-8-20)29-26(28-18)31-13-11-30(12-14-31)17-19-5-3-2-4-6-19/h2-10,21H,11-17H2,1H3/t21-/m0/s1. The molecule has 0 spiro atoms. The first kappa shape index (κ1) is 21.1. The van der Waals surface area contributed by atoms with Crippen LogP contribution in [-0.2, 0) is 13.0 Å². The summed E-state index contributed by atoms with van der Waals surface area (Å²) in [5.74, 6) is 1.03. The maximum absolute atomic E-state index is 12.9. The third-order valence-corrected chi connectivity index (χ3v) is 6.80. The summed E-state index contributed by atoms with van der Waals surface area (Å²) in [5, 5.41) is 0.711. The monoisotopic (exact) mass is 446 g/mol. The number of halogens is 1. The van der Waals surface area contributed by atoms with E-state index in [0.29, 0.717) is 11.4 Å². The van der Waals surface area contributed by atoms with E-state index in [0.717, 1.165) is 67.6 Å². The molecule has 0 amide bonds. The number of anilines is 1. The first-order valence-corrected chi connectivity index (χ1v) is 11.6. The Morgan fingerprint density at radius 2 is 1.66 bits per heavy atom. The maximum Gasteiger partial charge on any atom is 0.225 e. The number of benzene rings is 2. The molecule has 1 atom stereocenters. The highest BCUT2D eigenvalue weighted by Crippen LogP contribution is 2.34. The molecule has 0 N–H and O–H groups in total. The lowest BCUT2D eigenvalue weighted by molar-refractivity contribution is 0.0962. The number of ketones is 1. The molecule has 164 valence electrons. The molecule has 0 bridgehead atoms. The number of hydrogen-bond donors (Lipinski definition) is 0. The number of fused-ring (bicyclic) bond motifs is 1. The van der Waals surface area contributed by atoms with Crippen LogP contribution in [0.2, 0.25) is 5.02 Å². The highest BCUT2D eigenvalue weighted by molar-refractivity contribution is 6.30. The smallest absolute Gasteiger partial charge is 0.225 e. The van der Waals surface area contributed by atoms with Gasteiger partial charge in [-0.05, 0) is 42.5 Å². The zero-order valence-corrected chi connectivity index (χ0v) is 19.1. The van der Waals surface area contributed by atoms with E-state index in [1.165, 1.54) is 5.56 Å². The summed E-state index contributed by atoms with van der Waals surface area (Å²) in [6, 6.07) is 18.4. The topological polar surface area (TPSA) is 49.3 Å². The lowest BCUT2D eigenvalue weighted by Crippen LogP contribution is -2.46. The third kappa shape index (κ3) is 4.41. The van der Waals surface area contributed by atoms with Gasteiger partial charge in [0.1, 0.15) is 0 Å². The van der Waals surface area contributed by atoms with E-state index < -0.39 is 0 Å². The van der Waals surface area contributed by atoms with Gasteiger partial charge in [-0.1, -0.05) is 54.1 Å². The van der Waals surface area contributed by atoms with Crippen LogP contribution in [0.1, 0.15) is 45.2 Å². The Bertz CT molecular complexity index is 1110. The van der Waals surface area contributed by atoms with E-state index in [4.69, 9.17) is 21.6 Å². The van der Waals surface area contributed by atoms with Gasteiger partial charge in [0.05, 0.1) is 17.0 Å². The van der Waals surface area contributed by atoms with Gasteiger partial charge in [-0.25, -0.2) is 9.97 Å². The molecule has 2 aliphatic rings. The molecule has 1 aliphatic carbocycles. The average molecular weight is 447 g/mol. The van der Waals surface area contributed by atoms with E-state index >= 15 is 0 Å². The summed E-state index contributed by atoms with van der Waals surface area (Å²) in [6.07, 6.45) is 1.25. The van der Waals surface area contributed by atoms with Gasteiger partial charge in [0.2, 0.25) is 5.95 Å². The van der Waals surface area contributed by atoms with Crippen molar-refractivity contribution >= 4 is 23.3 Å². The second-order valence-electron chi connectivity index (χ2n) is 8.76. The van der Waals surface area contributed by atoms with Gasteiger partial charge in [-0.2, -0.15) is 0 Å². The van der Waals surface area contributed by atoms with Gasteiger partial charge in [0, 0.05) is 44.2 Å². The van der Waals surface area contributed by atoms with Crippen LogP contribution in [0.15, 0.2) is 54.6 Å². The minimum Gasteiger partial charge on any atom is -0.338 e. The normalized spacial score (nSPS) is 19.1. The summed E-state index contributed by atoms with van der Waals surface area (Å²) >= 11 is 6.05. The fourth-order valence-corrected chi connectivity index (χ4v) is 4.94. The van der Waals surface area contributed by atoms with Gasteiger partial charge in [0.25, 0.3) is 0 Å². The molecule has 32 heavy (non-hydrogen) atoms. The van der Waals surface area contributed by atoms with Crippen molar-refractivity contribution in [2.24, 2.45) is 0 Å². The fraction of sp³-hybridized carbons (Fsp3) is 0.346. The van der Waals surface area contributed by atoms with Crippen molar-refractivity contribution in [3.63, 3.8) is 0 Å². The number of nitrogens with zero attached hydrogens (tertiary/aromatic N) is 4. The molecule has 2 heterocycles. The number of aryl methyl sites for hydroxylation is 1. The number of rotatable bonds is 4. The Balaban J connectivity index is 1.31. The zero-order chi connectivity index (χ0) is 22.1. The molecule has 1 fully saturated rings. The Morgan fingerprint density at radius 3 is 2.38 bits per heavy atom. The Labute approximate surface area is 194 Å². The number of Topliss-reactive ketones (excluding diaryl/α,β-unsaturated/α-hetero) is 1. The van der Waals surface area contributed by atoms with Crippen LogP contribution in [-0.4, -0.2) is 46.8 Å². The fourth-order valence-electron chi connectivity index (χ4n) is 4.82. The van der Waals surface area contributed by atoms with E-state index in [2.05, 4.69) is 40.1 Å². The maximum atomic E-state index is 12.9. The van der Waals surface area contributed by atoms with Crippen LogP contribution in [0.25, 0.3) is 0 Å². The predicted octanol–water partition coefficient (Wildman–Crippen LogP) is 4.67. The van der Waals surface area contributed by atoms with Crippen molar-refractivity contribution in [2.75, 3.05) is 31.1 Å². The molecule has 1 aliphatic heterocycles. The minimum absolute atomic E-state index is 0.136. The molecule has 5 nitrogen and oxygen atoms in total. The molecule has 0 saturated carbocycles. The minimum atomic E-state index is 0.136. The molecule has 6 heteroatoms. The van der Waals surface area contributed by atoms with Crippen LogP contribution in [0.5, 0.6) is 0 Å². The first-order valence-electron chi connectivity index (χ1n) is 11.2. The van der Waals surface area contributed by atoms with Gasteiger partial charge < -0.3 is 4.90 Å².